The van der Waals surface area contributed by atoms with E-state index in [1.165, 1.54) is 25.5 Å². The van der Waals surface area contributed by atoms with Gasteiger partial charge in [0.25, 0.3) is 0 Å². The lowest BCUT2D eigenvalue weighted by Crippen LogP contribution is -2.30. The molecule has 1 rings (SSSR count). The molecule has 1 radical (unpaired) electrons. The van der Waals surface area contributed by atoms with E-state index in [4.69, 9.17) is 0 Å². The summed E-state index contributed by atoms with van der Waals surface area (Å²) in [7, 11) is 2.37. The van der Waals surface area contributed by atoms with E-state index in [2.05, 4.69) is 19.2 Å². The van der Waals surface area contributed by atoms with Gasteiger partial charge in [0, 0.05) is 11.7 Å². The molecule has 55 valence electrons. The van der Waals surface area contributed by atoms with Gasteiger partial charge in [-0.15, -0.1) is 0 Å². The molecule has 0 bridgehead atoms. The Hall–Kier alpha value is -0.395. The minimum Gasteiger partial charge on any atom is -0.386 e. The summed E-state index contributed by atoms with van der Waals surface area (Å²) >= 11 is 0. The van der Waals surface area contributed by atoms with Gasteiger partial charge in [0.2, 0.25) is 0 Å². The first-order valence-electron chi connectivity index (χ1n) is 4.03. The fraction of sp³-hybridized carbons (Fsp3) is 0.750. The Morgan fingerprint density at radius 2 is 2.10 bits per heavy atom. The third kappa shape index (κ3) is 2.46. The van der Waals surface area contributed by atoms with Gasteiger partial charge in [0.1, 0.15) is 7.28 Å². The van der Waals surface area contributed by atoms with Crippen LogP contribution in [-0.4, -0.2) is 13.3 Å². The third-order valence-electron chi connectivity index (χ3n) is 1.89. The Kier molecular flexibility index (Phi) is 2.85. The molecule has 0 aliphatic carbocycles. The Morgan fingerprint density at radius 3 is 2.60 bits per heavy atom. The van der Waals surface area contributed by atoms with Crippen LogP contribution >= 0.6 is 0 Å². The molecule has 1 aliphatic rings. The molecule has 1 N–H and O–H groups in total. The van der Waals surface area contributed by atoms with Crippen LogP contribution in [0.15, 0.2) is 12.3 Å². The Labute approximate surface area is 64.1 Å². The maximum absolute atomic E-state index is 3.83. The molecule has 0 spiro atoms. The summed E-state index contributed by atoms with van der Waals surface area (Å²) in [5, 5.41) is 3.37. The number of hydrogen-bond acceptors (Lipinski definition) is 1. The summed E-state index contributed by atoms with van der Waals surface area (Å²) in [6.07, 6.45) is 5.11. The smallest absolute Gasteiger partial charge is 0.109 e. The first-order valence-corrected chi connectivity index (χ1v) is 4.03. The number of allylic oxidation sites excluding steroid dienone is 1. The van der Waals surface area contributed by atoms with E-state index in [9.17, 15) is 0 Å². The largest absolute Gasteiger partial charge is 0.386 e. The fourth-order valence-corrected chi connectivity index (χ4v) is 1.42. The summed E-state index contributed by atoms with van der Waals surface area (Å²) in [5.74, 6) is 0. The number of rotatable bonds is 2. The zero-order valence-corrected chi connectivity index (χ0v) is 6.69. The van der Waals surface area contributed by atoms with Crippen molar-refractivity contribution >= 4 is 7.28 Å². The number of nitrogens with one attached hydrogen (secondary N) is 1. The van der Waals surface area contributed by atoms with Crippen LogP contribution in [0, 0.1) is 0 Å². The lowest BCUT2D eigenvalue weighted by atomic mass is 9.63. The van der Waals surface area contributed by atoms with E-state index >= 15 is 0 Å². The van der Waals surface area contributed by atoms with Crippen LogP contribution in [0.5, 0.6) is 0 Å². The maximum Gasteiger partial charge on any atom is 0.109 e. The van der Waals surface area contributed by atoms with Crippen LogP contribution in [0.4, 0.5) is 0 Å². The topological polar surface area (TPSA) is 12.0 Å². The van der Waals surface area contributed by atoms with Gasteiger partial charge in [-0.1, -0.05) is 19.2 Å². The second-order valence-corrected chi connectivity index (χ2v) is 3.06. The second kappa shape index (κ2) is 3.70. The average molecular weight is 136 g/mol. The molecule has 1 heterocycles. The van der Waals surface area contributed by atoms with E-state index in [-0.39, 0.29) is 0 Å². The summed E-state index contributed by atoms with van der Waals surface area (Å²) in [4.78, 5) is 0. The van der Waals surface area contributed by atoms with Crippen molar-refractivity contribution < 1.29 is 0 Å². The van der Waals surface area contributed by atoms with Gasteiger partial charge in [-0.2, -0.15) is 0 Å². The van der Waals surface area contributed by atoms with Gasteiger partial charge in [0.05, 0.1) is 0 Å². The van der Waals surface area contributed by atoms with Crippen LogP contribution in [0.3, 0.4) is 0 Å². The van der Waals surface area contributed by atoms with Crippen LogP contribution in [-0.2, 0) is 0 Å². The molecule has 0 aromatic carbocycles. The Bertz CT molecular complexity index is 116. The van der Waals surface area contributed by atoms with Crippen molar-refractivity contribution in [3.63, 3.8) is 0 Å². The molecule has 1 saturated heterocycles. The highest BCUT2D eigenvalue weighted by molar-refractivity contribution is 6.35. The first kappa shape index (κ1) is 7.71. The van der Waals surface area contributed by atoms with E-state index in [0.29, 0.717) is 6.04 Å². The van der Waals surface area contributed by atoms with E-state index < -0.39 is 0 Å². The highest BCUT2D eigenvalue weighted by Crippen LogP contribution is 2.13. The molecule has 1 fully saturated rings. The van der Waals surface area contributed by atoms with Gasteiger partial charge in [-0.3, -0.25) is 0 Å². The summed E-state index contributed by atoms with van der Waals surface area (Å²) in [6, 6.07) is 0.697. The molecule has 1 nitrogen and oxygen atoms in total. The predicted molar refractivity (Wildman–Crippen MR) is 46.3 cm³/mol. The molecule has 0 unspecified atom stereocenters. The molecule has 10 heavy (non-hydrogen) atoms. The zero-order valence-electron chi connectivity index (χ0n) is 6.69. The van der Waals surface area contributed by atoms with Crippen LogP contribution in [0.25, 0.3) is 0 Å². The molecule has 0 atom stereocenters. The maximum atomic E-state index is 3.83. The van der Waals surface area contributed by atoms with E-state index in [0.717, 1.165) is 5.70 Å². The normalized spacial score (nSPS) is 19.7. The average Bonchev–Trinajstić information content (AvgIpc) is 1.88. The lowest BCUT2D eigenvalue weighted by Gasteiger charge is -2.23. The predicted octanol–water partition coefficient (Wildman–Crippen LogP) is 1.81. The Morgan fingerprint density at radius 1 is 1.50 bits per heavy atom. The highest BCUT2D eigenvalue weighted by Gasteiger charge is 2.12. The SMILES string of the molecule is C=C(C)NC1CC[B]CC1. The summed E-state index contributed by atoms with van der Waals surface area (Å²) < 4.78 is 0. The zero-order chi connectivity index (χ0) is 7.40. The molecule has 0 amide bonds. The van der Waals surface area contributed by atoms with Crippen molar-refractivity contribution in [1.29, 1.82) is 0 Å². The number of hydrogen-bond donors (Lipinski definition) is 1. The van der Waals surface area contributed by atoms with E-state index in [1.54, 1.807) is 0 Å². The molecular weight excluding hydrogens is 121 g/mol. The molecule has 0 aromatic rings. The molecule has 1 aliphatic heterocycles. The van der Waals surface area contributed by atoms with Gasteiger partial charge in [-0.25, -0.2) is 0 Å². The summed E-state index contributed by atoms with van der Waals surface area (Å²) in [5.41, 5.74) is 1.10. The Balaban J connectivity index is 2.19. The lowest BCUT2D eigenvalue weighted by molar-refractivity contribution is 0.518. The van der Waals surface area contributed by atoms with Crippen molar-refractivity contribution in [3.8, 4) is 0 Å². The fourth-order valence-electron chi connectivity index (χ4n) is 1.42. The van der Waals surface area contributed by atoms with Gasteiger partial charge >= 0.3 is 0 Å². The minimum absolute atomic E-state index is 0.697. The van der Waals surface area contributed by atoms with E-state index in [1.807, 2.05) is 6.92 Å². The van der Waals surface area contributed by atoms with Crippen molar-refractivity contribution in [2.24, 2.45) is 0 Å². The molecule has 0 aromatic heterocycles. The van der Waals surface area contributed by atoms with Gasteiger partial charge in [-0.05, 0) is 19.8 Å². The standard InChI is InChI=1S/C8H15BN/c1-7(2)10-8-3-5-9-6-4-8/h8,10H,1,3-6H2,2H3. The minimum atomic E-state index is 0.697. The van der Waals surface area contributed by atoms with Crippen molar-refractivity contribution in [1.82, 2.24) is 5.32 Å². The molecule has 2 heteroatoms. The quantitative estimate of drug-likeness (QED) is 0.571. The van der Waals surface area contributed by atoms with Crippen molar-refractivity contribution in [2.45, 2.75) is 38.4 Å². The van der Waals surface area contributed by atoms with Crippen LogP contribution in [0.1, 0.15) is 19.8 Å². The second-order valence-electron chi connectivity index (χ2n) is 3.06. The molecular formula is C8H15BN. The van der Waals surface area contributed by atoms with Crippen molar-refractivity contribution in [3.05, 3.63) is 12.3 Å². The van der Waals surface area contributed by atoms with Crippen molar-refractivity contribution in [2.75, 3.05) is 0 Å². The molecule has 0 saturated carbocycles. The third-order valence-corrected chi connectivity index (χ3v) is 1.89. The van der Waals surface area contributed by atoms with Gasteiger partial charge in [0.15, 0.2) is 0 Å². The monoisotopic (exact) mass is 136 g/mol. The summed E-state index contributed by atoms with van der Waals surface area (Å²) in [6.45, 7) is 5.85. The highest BCUT2D eigenvalue weighted by atomic mass is 14.9. The van der Waals surface area contributed by atoms with Gasteiger partial charge < -0.3 is 5.32 Å². The van der Waals surface area contributed by atoms with Crippen LogP contribution in [0.2, 0.25) is 12.6 Å². The van der Waals surface area contributed by atoms with Crippen LogP contribution < -0.4 is 5.32 Å². The first-order chi connectivity index (χ1) is 4.79.